The summed E-state index contributed by atoms with van der Waals surface area (Å²) in [5, 5.41) is 4.66. The second-order valence-corrected chi connectivity index (χ2v) is 14.4. The van der Waals surface area contributed by atoms with Crippen LogP contribution in [-0.4, -0.2) is 24.8 Å². The van der Waals surface area contributed by atoms with Gasteiger partial charge in [0, 0.05) is 34.4 Å². The number of nitrogens with zero attached hydrogens (tertiary/aromatic N) is 2. The molecule has 0 N–H and O–H groups in total. The molecule has 0 amide bonds. The van der Waals surface area contributed by atoms with Crippen molar-refractivity contribution in [2.45, 2.75) is 58.2 Å². The Bertz CT molecular complexity index is 932. The minimum absolute atomic E-state index is 0.109. The Morgan fingerprint density at radius 1 is 1.25 bits per heavy atom. The molecule has 1 aromatic heterocycles. The predicted molar refractivity (Wildman–Crippen MR) is 120 cm³/mol. The first kappa shape index (κ1) is 20.9. The van der Waals surface area contributed by atoms with Crippen LogP contribution in [0.2, 0.25) is 18.1 Å². The summed E-state index contributed by atoms with van der Waals surface area (Å²) in [6, 6.07) is 7.81. The van der Waals surface area contributed by atoms with E-state index in [1.54, 1.807) is 12.4 Å². The SMILES string of the molecule is CC(C)(C)[Si](C)(C)O/N=C1\CCc2cc(C(=O)Cc3ccncc3Br)ccc21. The zero-order valence-electron chi connectivity index (χ0n) is 17.2. The van der Waals surface area contributed by atoms with Crippen LogP contribution in [0, 0.1) is 0 Å². The average molecular weight is 459 g/mol. The van der Waals surface area contributed by atoms with Crippen molar-refractivity contribution in [3.63, 3.8) is 0 Å². The Kier molecular flexibility index (Phi) is 5.91. The lowest BCUT2D eigenvalue weighted by atomic mass is 9.99. The first-order valence-corrected chi connectivity index (χ1v) is 13.3. The first-order valence-electron chi connectivity index (χ1n) is 9.58. The van der Waals surface area contributed by atoms with E-state index in [0.717, 1.165) is 39.7 Å². The molecule has 2 aromatic rings. The van der Waals surface area contributed by atoms with Gasteiger partial charge in [0.1, 0.15) is 0 Å². The quantitative estimate of drug-likeness (QED) is 0.316. The molecule has 0 atom stereocenters. The van der Waals surface area contributed by atoms with Gasteiger partial charge in [0.05, 0.1) is 5.71 Å². The molecule has 0 radical (unpaired) electrons. The fourth-order valence-electron chi connectivity index (χ4n) is 2.87. The van der Waals surface area contributed by atoms with Crippen LogP contribution >= 0.6 is 15.9 Å². The lowest BCUT2D eigenvalue weighted by molar-refractivity contribution is 0.0992. The maximum absolute atomic E-state index is 12.7. The Hall–Kier alpha value is -1.79. The van der Waals surface area contributed by atoms with Crippen LogP contribution in [0.1, 0.15) is 54.2 Å². The van der Waals surface area contributed by atoms with Crippen molar-refractivity contribution in [1.82, 2.24) is 4.98 Å². The van der Waals surface area contributed by atoms with Crippen LogP contribution in [0.3, 0.4) is 0 Å². The molecule has 148 valence electrons. The van der Waals surface area contributed by atoms with Crippen LogP contribution < -0.4 is 0 Å². The summed E-state index contributed by atoms with van der Waals surface area (Å²) < 4.78 is 6.92. The Labute approximate surface area is 176 Å². The number of Topliss-reactive ketones (excluding diaryl/α,β-unsaturated/α-hetero) is 1. The second kappa shape index (κ2) is 7.91. The largest absolute Gasteiger partial charge is 0.455 e. The number of hydrogen-bond acceptors (Lipinski definition) is 4. The molecule has 0 unspecified atom stereocenters. The fraction of sp³-hybridized carbons (Fsp3) is 0.409. The van der Waals surface area contributed by atoms with Crippen molar-refractivity contribution < 1.29 is 9.32 Å². The van der Waals surface area contributed by atoms with Gasteiger partial charge in [-0.2, -0.15) is 0 Å². The van der Waals surface area contributed by atoms with E-state index in [0.29, 0.717) is 6.42 Å². The lowest BCUT2D eigenvalue weighted by Gasteiger charge is -2.33. The molecular weight excluding hydrogens is 432 g/mol. The van der Waals surface area contributed by atoms with E-state index in [9.17, 15) is 4.79 Å². The zero-order chi connectivity index (χ0) is 20.5. The Balaban J connectivity index is 1.77. The highest BCUT2D eigenvalue weighted by atomic mass is 79.9. The molecule has 6 heteroatoms. The molecule has 0 spiro atoms. The molecule has 3 rings (SSSR count). The van der Waals surface area contributed by atoms with Crippen LogP contribution in [0.15, 0.2) is 46.3 Å². The summed E-state index contributed by atoms with van der Waals surface area (Å²) >= 11 is 3.46. The smallest absolute Gasteiger partial charge is 0.286 e. The molecule has 0 fully saturated rings. The van der Waals surface area contributed by atoms with E-state index in [2.05, 4.69) is 59.9 Å². The van der Waals surface area contributed by atoms with Crippen molar-refractivity contribution in [2.24, 2.45) is 5.16 Å². The van der Waals surface area contributed by atoms with Gasteiger partial charge in [0.15, 0.2) is 5.78 Å². The number of halogens is 1. The summed E-state index contributed by atoms with van der Waals surface area (Å²) in [6.45, 7) is 11.0. The summed E-state index contributed by atoms with van der Waals surface area (Å²) in [5.74, 6) is 0.109. The number of fused-ring (bicyclic) bond motifs is 1. The van der Waals surface area contributed by atoms with Crippen LogP contribution in [0.25, 0.3) is 0 Å². The third-order valence-corrected chi connectivity index (χ3v) is 10.6. The number of benzene rings is 1. The Morgan fingerprint density at radius 3 is 2.68 bits per heavy atom. The highest BCUT2D eigenvalue weighted by molar-refractivity contribution is 9.10. The fourth-order valence-corrected chi connectivity index (χ4v) is 3.87. The van der Waals surface area contributed by atoms with Crippen molar-refractivity contribution in [1.29, 1.82) is 0 Å². The number of hydrogen-bond donors (Lipinski definition) is 0. The van der Waals surface area contributed by atoms with Gasteiger partial charge in [0.2, 0.25) is 0 Å². The lowest BCUT2D eigenvalue weighted by Crippen LogP contribution is -2.39. The number of rotatable bonds is 5. The summed E-state index contributed by atoms with van der Waals surface area (Å²) in [7, 11) is -1.92. The average Bonchev–Trinajstić information content (AvgIpc) is 3.03. The second-order valence-electron chi connectivity index (χ2n) is 8.83. The number of carbonyl (C=O) groups is 1. The van der Waals surface area contributed by atoms with Crippen LogP contribution in [0.5, 0.6) is 0 Å². The third-order valence-electron chi connectivity index (χ3n) is 5.77. The number of pyridine rings is 1. The molecule has 0 saturated heterocycles. The number of aryl methyl sites for hydroxylation is 1. The topological polar surface area (TPSA) is 51.5 Å². The first-order chi connectivity index (χ1) is 13.1. The summed E-state index contributed by atoms with van der Waals surface area (Å²) in [4.78, 5) is 16.8. The van der Waals surface area contributed by atoms with Crippen molar-refractivity contribution >= 4 is 35.7 Å². The van der Waals surface area contributed by atoms with E-state index in [4.69, 9.17) is 4.53 Å². The number of aromatic nitrogens is 1. The maximum atomic E-state index is 12.7. The molecule has 1 aliphatic rings. The zero-order valence-corrected chi connectivity index (χ0v) is 19.8. The normalized spacial score (nSPS) is 15.6. The molecule has 0 saturated carbocycles. The molecule has 1 aliphatic carbocycles. The van der Waals surface area contributed by atoms with Gasteiger partial charge in [-0.15, -0.1) is 5.16 Å². The van der Waals surface area contributed by atoms with Gasteiger partial charge in [-0.3, -0.25) is 9.78 Å². The van der Waals surface area contributed by atoms with Crippen molar-refractivity contribution in [3.05, 3.63) is 63.4 Å². The van der Waals surface area contributed by atoms with E-state index in [1.807, 2.05) is 24.3 Å². The molecule has 0 bridgehead atoms. The van der Waals surface area contributed by atoms with Gasteiger partial charge in [0.25, 0.3) is 8.32 Å². The van der Waals surface area contributed by atoms with Gasteiger partial charge >= 0.3 is 0 Å². The maximum Gasteiger partial charge on any atom is 0.286 e. The minimum Gasteiger partial charge on any atom is -0.455 e. The standard InChI is InChI=1S/C22H27BrN2O2Si/c1-22(2,3)28(4,5)27-25-20-9-7-15-12-17(6-8-18(15)20)21(26)13-16-10-11-24-14-19(16)23/h6,8,10-12,14H,7,9,13H2,1-5H3/b25-20+. The molecule has 28 heavy (non-hydrogen) atoms. The van der Waals surface area contributed by atoms with Gasteiger partial charge in [-0.05, 0) is 70.2 Å². The minimum atomic E-state index is -1.92. The highest BCUT2D eigenvalue weighted by Crippen LogP contribution is 2.37. The van der Waals surface area contributed by atoms with Crippen molar-refractivity contribution in [3.8, 4) is 0 Å². The number of oxime groups is 1. The van der Waals surface area contributed by atoms with Crippen LogP contribution in [-0.2, 0) is 17.4 Å². The van der Waals surface area contributed by atoms with E-state index in [1.165, 1.54) is 5.56 Å². The van der Waals surface area contributed by atoms with Crippen molar-refractivity contribution in [2.75, 3.05) is 0 Å². The molecule has 0 aliphatic heterocycles. The molecule has 1 heterocycles. The monoisotopic (exact) mass is 458 g/mol. The van der Waals surface area contributed by atoms with Crippen LogP contribution in [0.4, 0.5) is 0 Å². The Morgan fingerprint density at radius 2 is 2.00 bits per heavy atom. The summed E-state index contributed by atoms with van der Waals surface area (Å²) in [5.41, 5.74) is 4.98. The number of ketones is 1. The van der Waals surface area contributed by atoms with Gasteiger partial charge in [-0.25, -0.2) is 0 Å². The third kappa shape index (κ3) is 4.44. The molecule has 4 nitrogen and oxygen atoms in total. The molecule has 1 aromatic carbocycles. The summed E-state index contributed by atoms with van der Waals surface area (Å²) in [6.07, 6.45) is 5.54. The van der Waals surface area contributed by atoms with E-state index < -0.39 is 8.32 Å². The van der Waals surface area contributed by atoms with E-state index in [-0.39, 0.29) is 10.8 Å². The van der Waals surface area contributed by atoms with Gasteiger partial charge in [-0.1, -0.05) is 32.9 Å². The van der Waals surface area contributed by atoms with E-state index >= 15 is 0 Å². The predicted octanol–water partition coefficient (Wildman–Crippen LogP) is 5.94. The highest BCUT2D eigenvalue weighted by Gasteiger charge is 2.40. The van der Waals surface area contributed by atoms with Gasteiger partial charge < -0.3 is 4.53 Å². The number of carbonyl (C=O) groups excluding carboxylic acids is 1. The molecular formula is C22H27BrN2O2Si.